The predicted molar refractivity (Wildman–Crippen MR) is 87.9 cm³/mol. The molecule has 2 nitrogen and oxygen atoms in total. The van der Waals surface area contributed by atoms with Gasteiger partial charge < -0.3 is 10.6 Å². The van der Waals surface area contributed by atoms with Crippen molar-refractivity contribution in [3.05, 3.63) is 29.8 Å². The third-order valence-corrected chi connectivity index (χ3v) is 4.95. The highest BCUT2D eigenvalue weighted by Gasteiger charge is 2.22. The molecule has 2 heteroatoms. The minimum atomic E-state index is 0.610. The van der Waals surface area contributed by atoms with Gasteiger partial charge in [0.05, 0.1) is 0 Å². The van der Waals surface area contributed by atoms with E-state index < -0.39 is 0 Å². The van der Waals surface area contributed by atoms with Crippen LogP contribution in [0.1, 0.15) is 57.4 Å². The van der Waals surface area contributed by atoms with Gasteiger partial charge in [-0.25, -0.2) is 0 Å². The van der Waals surface area contributed by atoms with Crippen molar-refractivity contribution in [2.45, 2.75) is 57.9 Å². The Bertz CT molecular complexity index is 398. The molecule has 3 unspecified atom stereocenters. The molecule has 1 aromatic carbocycles. The van der Waals surface area contributed by atoms with Crippen LogP contribution in [0, 0.1) is 5.92 Å². The molecule has 1 fully saturated rings. The largest absolute Gasteiger partial charge is 0.399 e. The van der Waals surface area contributed by atoms with Gasteiger partial charge in [0.15, 0.2) is 0 Å². The third-order valence-electron chi connectivity index (χ3n) is 4.95. The van der Waals surface area contributed by atoms with Crippen LogP contribution in [0.2, 0.25) is 0 Å². The van der Waals surface area contributed by atoms with Crippen molar-refractivity contribution < 1.29 is 0 Å². The van der Waals surface area contributed by atoms with Crippen LogP contribution < -0.4 is 5.73 Å². The van der Waals surface area contributed by atoms with Gasteiger partial charge in [0.25, 0.3) is 0 Å². The molecule has 1 aliphatic rings. The molecule has 0 aliphatic heterocycles. The van der Waals surface area contributed by atoms with Crippen molar-refractivity contribution in [2.24, 2.45) is 5.92 Å². The fourth-order valence-electron chi connectivity index (χ4n) is 3.37. The molecule has 0 amide bonds. The molecular formula is C18H30N2. The Balaban J connectivity index is 1.80. The normalized spacial score (nSPS) is 24.8. The van der Waals surface area contributed by atoms with E-state index in [1.165, 1.54) is 44.2 Å². The Hall–Kier alpha value is -1.02. The number of benzene rings is 1. The summed E-state index contributed by atoms with van der Waals surface area (Å²) in [5.41, 5.74) is 8.01. The van der Waals surface area contributed by atoms with Gasteiger partial charge in [0, 0.05) is 11.7 Å². The zero-order valence-electron chi connectivity index (χ0n) is 13.3. The summed E-state index contributed by atoms with van der Waals surface area (Å²) in [6.45, 7) is 5.92. The van der Waals surface area contributed by atoms with Gasteiger partial charge in [0.1, 0.15) is 0 Å². The Morgan fingerprint density at radius 2 is 1.95 bits per heavy atom. The second-order valence-electron chi connectivity index (χ2n) is 6.76. The van der Waals surface area contributed by atoms with Crippen LogP contribution in [0.15, 0.2) is 24.3 Å². The van der Waals surface area contributed by atoms with Gasteiger partial charge in [-0.05, 0) is 62.4 Å². The molecule has 2 rings (SSSR count). The summed E-state index contributed by atoms with van der Waals surface area (Å²) in [4.78, 5) is 2.59. The summed E-state index contributed by atoms with van der Waals surface area (Å²) in [5, 5.41) is 0. The molecule has 2 N–H and O–H groups in total. The van der Waals surface area contributed by atoms with Crippen LogP contribution in [0.4, 0.5) is 5.69 Å². The van der Waals surface area contributed by atoms with Gasteiger partial charge in [-0.1, -0.05) is 38.8 Å². The van der Waals surface area contributed by atoms with E-state index in [0.717, 1.165) is 17.6 Å². The summed E-state index contributed by atoms with van der Waals surface area (Å²) >= 11 is 0. The Kier molecular flexibility index (Phi) is 5.47. The van der Waals surface area contributed by atoms with E-state index in [1.54, 1.807) is 0 Å². The highest BCUT2D eigenvalue weighted by molar-refractivity contribution is 5.40. The smallest absolute Gasteiger partial charge is 0.0314 e. The first-order valence-electron chi connectivity index (χ1n) is 8.12. The van der Waals surface area contributed by atoms with E-state index in [2.05, 4.69) is 37.9 Å². The summed E-state index contributed by atoms with van der Waals surface area (Å²) < 4.78 is 0. The Morgan fingerprint density at radius 1 is 1.25 bits per heavy atom. The number of nitrogen functional groups attached to an aromatic ring is 1. The second kappa shape index (κ2) is 7.12. The minimum Gasteiger partial charge on any atom is -0.399 e. The molecule has 20 heavy (non-hydrogen) atoms. The van der Waals surface area contributed by atoms with Gasteiger partial charge in [-0.2, -0.15) is 0 Å². The Labute approximate surface area is 124 Å². The highest BCUT2D eigenvalue weighted by Crippen LogP contribution is 2.27. The van der Waals surface area contributed by atoms with Crippen molar-refractivity contribution in [2.75, 3.05) is 19.3 Å². The molecule has 0 spiro atoms. The summed E-state index contributed by atoms with van der Waals surface area (Å²) in [5.74, 6) is 1.52. The average molecular weight is 274 g/mol. The van der Waals surface area contributed by atoms with Crippen molar-refractivity contribution >= 4 is 5.69 Å². The van der Waals surface area contributed by atoms with E-state index >= 15 is 0 Å². The monoisotopic (exact) mass is 274 g/mol. The first kappa shape index (κ1) is 15.4. The maximum atomic E-state index is 5.75. The maximum absolute atomic E-state index is 5.75. The SMILES string of the molecule is CC1CCCC(N(C)CCC(C)c2ccc(N)cc2)C1. The van der Waals surface area contributed by atoms with E-state index in [0.29, 0.717) is 5.92 Å². The third kappa shape index (κ3) is 4.24. The molecule has 0 saturated heterocycles. The lowest BCUT2D eigenvalue weighted by Gasteiger charge is -2.34. The first-order chi connectivity index (χ1) is 9.56. The molecular weight excluding hydrogens is 244 g/mol. The van der Waals surface area contributed by atoms with Gasteiger partial charge in [-0.15, -0.1) is 0 Å². The lowest BCUT2D eigenvalue weighted by molar-refractivity contribution is 0.160. The zero-order valence-corrected chi connectivity index (χ0v) is 13.3. The van der Waals surface area contributed by atoms with Crippen molar-refractivity contribution in [3.8, 4) is 0 Å². The molecule has 0 radical (unpaired) electrons. The number of nitrogens with zero attached hydrogens (tertiary/aromatic N) is 1. The van der Waals surface area contributed by atoms with Crippen LogP contribution in [-0.4, -0.2) is 24.5 Å². The van der Waals surface area contributed by atoms with Crippen molar-refractivity contribution in [1.29, 1.82) is 0 Å². The standard InChI is InChI=1S/C18H30N2/c1-14-5-4-6-18(13-14)20(3)12-11-15(2)16-7-9-17(19)10-8-16/h7-10,14-15,18H,4-6,11-13,19H2,1-3H3. The summed E-state index contributed by atoms with van der Waals surface area (Å²) in [6, 6.07) is 9.17. The van der Waals surface area contributed by atoms with Crippen LogP contribution in [0.3, 0.4) is 0 Å². The number of rotatable bonds is 5. The maximum Gasteiger partial charge on any atom is 0.0314 e. The summed E-state index contributed by atoms with van der Waals surface area (Å²) in [6.07, 6.45) is 6.82. The van der Waals surface area contributed by atoms with Crippen molar-refractivity contribution in [3.63, 3.8) is 0 Å². The highest BCUT2D eigenvalue weighted by atomic mass is 15.1. The van der Waals surface area contributed by atoms with Gasteiger partial charge in [0.2, 0.25) is 0 Å². The van der Waals surface area contributed by atoms with Gasteiger partial charge >= 0.3 is 0 Å². The number of anilines is 1. The number of hydrogen-bond acceptors (Lipinski definition) is 2. The minimum absolute atomic E-state index is 0.610. The van der Waals surface area contributed by atoms with Crippen LogP contribution in [0.25, 0.3) is 0 Å². The molecule has 0 heterocycles. The number of hydrogen-bond donors (Lipinski definition) is 1. The van der Waals surface area contributed by atoms with Crippen LogP contribution >= 0.6 is 0 Å². The predicted octanol–water partition coefficient (Wildman–Crippen LogP) is 4.27. The fraction of sp³-hybridized carbons (Fsp3) is 0.667. The van der Waals surface area contributed by atoms with Crippen LogP contribution in [0.5, 0.6) is 0 Å². The first-order valence-corrected chi connectivity index (χ1v) is 8.12. The average Bonchev–Trinajstić information content (AvgIpc) is 2.45. The molecule has 1 aromatic rings. The van der Waals surface area contributed by atoms with E-state index in [9.17, 15) is 0 Å². The Morgan fingerprint density at radius 3 is 2.60 bits per heavy atom. The fourth-order valence-corrected chi connectivity index (χ4v) is 3.37. The molecule has 1 aliphatic carbocycles. The van der Waals surface area contributed by atoms with E-state index in [1.807, 2.05) is 12.1 Å². The van der Waals surface area contributed by atoms with E-state index in [-0.39, 0.29) is 0 Å². The quantitative estimate of drug-likeness (QED) is 0.812. The van der Waals surface area contributed by atoms with Crippen molar-refractivity contribution in [1.82, 2.24) is 4.90 Å². The second-order valence-corrected chi connectivity index (χ2v) is 6.76. The molecule has 112 valence electrons. The molecule has 3 atom stereocenters. The van der Waals surface area contributed by atoms with E-state index in [4.69, 9.17) is 5.73 Å². The number of nitrogens with two attached hydrogens (primary N) is 1. The summed E-state index contributed by atoms with van der Waals surface area (Å²) in [7, 11) is 2.30. The van der Waals surface area contributed by atoms with Crippen LogP contribution in [-0.2, 0) is 0 Å². The zero-order chi connectivity index (χ0) is 14.5. The molecule has 0 aromatic heterocycles. The molecule has 0 bridgehead atoms. The lowest BCUT2D eigenvalue weighted by Crippen LogP contribution is -2.36. The lowest BCUT2D eigenvalue weighted by atomic mass is 9.86. The molecule has 1 saturated carbocycles. The van der Waals surface area contributed by atoms with Gasteiger partial charge in [-0.3, -0.25) is 0 Å². The topological polar surface area (TPSA) is 29.3 Å².